The Labute approximate surface area is 117 Å². The van der Waals surface area contributed by atoms with Gasteiger partial charge in [-0.3, -0.25) is 9.59 Å². The Kier molecular flexibility index (Phi) is 3.37. The molecule has 0 radical (unpaired) electrons. The summed E-state index contributed by atoms with van der Waals surface area (Å²) in [5.74, 6) is 0.391. The minimum Gasteiger partial charge on any atom is -0.338 e. The molecule has 2 aromatic rings. The van der Waals surface area contributed by atoms with Crippen LogP contribution in [0.2, 0.25) is 0 Å². The average Bonchev–Trinajstić information content (AvgIpc) is 2.98. The molecule has 1 aliphatic rings. The van der Waals surface area contributed by atoms with Gasteiger partial charge in [0.2, 0.25) is 5.56 Å². The average molecular weight is 268 g/mol. The van der Waals surface area contributed by atoms with Gasteiger partial charge >= 0.3 is 0 Å². The molecule has 1 aromatic heterocycles. The topological polar surface area (TPSA) is 53.2 Å². The first-order chi connectivity index (χ1) is 9.74. The highest BCUT2D eigenvalue weighted by Gasteiger charge is 2.27. The highest BCUT2D eigenvalue weighted by atomic mass is 16.2. The monoisotopic (exact) mass is 268 g/mol. The molecule has 1 N–H and O–H groups in total. The number of hydrogen-bond acceptors (Lipinski definition) is 2. The summed E-state index contributed by atoms with van der Waals surface area (Å²) >= 11 is 0. The van der Waals surface area contributed by atoms with E-state index < -0.39 is 0 Å². The molecule has 1 atom stereocenters. The van der Waals surface area contributed by atoms with Gasteiger partial charge < -0.3 is 9.88 Å². The molecule has 1 saturated heterocycles. The van der Waals surface area contributed by atoms with Crippen molar-refractivity contribution in [3.05, 3.63) is 70.1 Å². The van der Waals surface area contributed by atoms with Gasteiger partial charge in [-0.2, -0.15) is 0 Å². The molecule has 2 heterocycles. The van der Waals surface area contributed by atoms with E-state index >= 15 is 0 Å². The molecular weight excluding hydrogens is 252 g/mol. The fraction of sp³-hybridized carbons (Fsp3) is 0.250. The normalized spacial score (nSPS) is 18.2. The van der Waals surface area contributed by atoms with Crippen molar-refractivity contribution >= 4 is 5.91 Å². The Morgan fingerprint density at radius 3 is 2.65 bits per heavy atom. The summed E-state index contributed by atoms with van der Waals surface area (Å²) in [6.07, 6.45) is 2.47. The summed E-state index contributed by atoms with van der Waals surface area (Å²) in [7, 11) is 0. The van der Waals surface area contributed by atoms with Crippen molar-refractivity contribution in [1.29, 1.82) is 0 Å². The number of nitrogens with one attached hydrogen (secondary N) is 1. The van der Waals surface area contributed by atoms with Crippen molar-refractivity contribution in [3.63, 3.8) is 0 Å². The molecule has 20 heavy (non-hydrogen) atoms. The van der Waals surface area contributed by atoms with Crippen LogP contribution in [-0.4, -0.2) is 28.9 Å². The van der Waals surface area contributed by atoms with Gasteiger partial charge in [0.05, 0.1) is 5.56 Å². The molecule has 1 fully saturated rings. The fourth-order valence-electron chi connectivity index (χ4n) is 2.67. The van der Waals surface area contributed by atoms with Crippen molar-refractivity contribution in [2.24, 2.45) is 0 Å². The van der Waals surface area contributed by atoms with Gasteiger partial charge in [-0.25, -0.2) is 0 Å². The molecule has 102 valence electrons. The summed E-state index contributed by atoms with van der Waals surface area (Å²) < 4.78 is 0. The zero-order valence-corrected chi connectivity index (χ0v) is 11.1. The second kappa shape index (κ2) is 5.33. The summed E-state index contributed by atoms with van der Waals surface area (Å²) in [5.41, 5.74) is 1.63. The predicted molar refractivity (Wildman–Crippen MR) is 76.8 cm³/mol. The molecule has 4 nitrogen and oxygen atoms in total. The van der Waals surface area contributed by atoms with E-state index in [0.717, 1.165) is 19.5 Å². The van der Waals surface area contributed by atoms with Gasteiger partial charge in [-0.05, 0) is 18.1 Å². The lowest BCUT2D eigenvalue weighted by Gasteiger charge is -2.16. The zero-order valence-electron chi connectivity index (χ0n) is 11.1. The van der Waals surface area contributed by atoms with Crippen LogP contribution in [0.25, 0.3) is 0 Å². The minimum absolute atomic E-state index is 0.0142. The zero-order chi connectivity index (χ0) is 13.9. The third-order valence-electron chi connectivity index (χ3n) is 3.78. The molecule has 0 spiro atoms. The van der Waals surface area contributed by atoms with Gasteiger partial charge in [0.15, 0.2) is 0 Å². The number of nitrogens with zero attached hydrogens (tertiary/aromatic N) is 1. The molecule has 1 aliphatic heterocycles. The largest absolute Gasteiger partial charge is 0.338 e. The van der Waals surface area contributed by atoms with Crippen molar-refractivity contribution in [1.82, 2.24) is 9.88 Å². The molecule has 1 aromatic carbocycles. The van der Waals surface area contributed by atoms with E-state index in [1.807, 2.05) is 23.1 Å². The predicted octanol–water partition coefficient (Wildman–Crippen LogP) is 2.00. The van der Waals surface area contributed by atoms with Crippen molar-refractivity contribution in [3.8, 4) is 0 Å². The quantitative estimate of drug-likeness (QED) is 0.905. The summed E-state index contributed by atoms with van der Waals surface area (Å²) in [4.78, 5) is 27.8. The second-order valence-electron chi connectivity index (χ2n) is 5.09. The number of aromatic amines is 1. The van der Waals surface area contributed by atoms with E-state index in [2.05, 4.69) is 17.1 Å². The van der Waals surface area contributed by atoms with Crippen molar-refractivity contribution in [2.75, 3.05) is 13.1 Å². The van der Waals surface area contributed by atoms with Crippen LogP contribution in [0.5, 0.6) is 0 Å². The number of pyridine rings is 1. The maximum Gasteiger partial charge on any atom is 0.255 e. The molecule has 0 saturated carbocycles. The Morgan fingerprint density at radius 2 is 1.95 bits per heavy atom. The smallest absolute Gasteiger partial charge is 0.255 e. The first kappa shape index (κ1) is 12.7. The highest BCUT2D eigenvalue weighted by molar-refractivity contribution is 5.94. The number of rotatable bonds is 2. The number of benzene rings is 1. The first-order valence-corrected chi connectivity index (χ1v) is 6.77. The Hall–Kier alpha value is -2.36. The van der Waals surface area contributed by atoms with Crippen molar-refractivity contribution < 1.29 is 4.79 Å². The number of carbonyl (C=O) groups excluding carboxylic acids is 1. The lowest BCUT2D eigenvalue weighted by molar-refractivity contribution is 0.0790. The maximum absolute atomic E-state index is 12.3. The number of H-pyrrole nitrogens is 1. The summed E-state index contributed by atoms with van der Waals surface area (Å²) in [5, 5.41) is 0. The molecule has 0 bridgehead atoms. The van der Waals surface area contributed by atoms with E-state index in [-0.39, 0.29) is 11.5 Å². The van der Waals surface area contributed by atoms with Crippen LogP contribution in [0.3, 0.4) is 0 Å². The first-order valence-electron chi connectivity index (χ1n) is 6.77. The number of amides is 1. The van der Waals surface area contributed by atoms with Crippen LogP contribution >= 0.6 is 0 Å². The van der Waals surface area contributed by atoms with E-state index in [1.54, 1.807) is 6.07 Å². The lowest BCUT2D eigenvalue weighted by Crippen LogP contribution is -2.29. The van der Waals surface area contributed by atoms with Crippen LogP contribution in [0.1, 0.15) is 28.3 Å². The molecule has 4 heteroatoms. The fourth-order valence-corrected chi connectivity index (χ4v) is 2.67. The minimum atomic E-state index is -0.190. The summed E-state index contributed by atoms with van der Waals surface area (Å²) in [6.45, 7) is 1.50. The van der Waals surface area contributed by atoms with E-state index in [4.69, 9.17) is 0 Å². The lowest BCUT2D eigenvalue weighted by atomic mass is 9.99. The third kappa shape index (κ3) is 2.50. The van der Waals surface area contributed by atoms with E-state index in [9.17, 15) is 9.59 Å². The van der Waals surface area contributed by atoms with E-state index in [0.29, 0.717) is 11.5 Å². The van der Waals surface area contributed by atoms with Gasteiger partial charge in [0.25, 0.3) is 5.91 Å². The Bertz CT molecular complexity index is 643. The van der Waals surface area contributed by atoms with Crippen LogP contribution < -0.4 is 5.56 Å². The van der Waals surface area contributed by atoms with Crippen LogP contribution in [0, 0.1) is 0 Å². The second-order valence-corrected chi connectivity index (χ2v) is 5.09. The number of likely N-dealkylation sites (tertiary alicyclic amines) is 1. The van der Waals surface area contributed by atoms with Gasteiger partial charge in [-0.15, -0.1) is 0 Å². The number of aromatic nitrogens is 1. The molecule has 0 aliphatic carbocycles. The van der Waals surface area contributed by atoms with E-state index in [1.165, 1.54) is 17.8 Å². The van der Waals surface area contributed by atoms with Crippen LogP contribution in [-0.2, 0) is 0 Å². The highest BCUT2D eigenvalue weighted by Crippen LogP contribution is 2.27. The molecule has 1 amide bonds. The SMILES string of the molecule is O=C(c1ccc(=O)[nH]c1)N1CCC(c2ccccc2)C1. The molecular formula is C16H16N2O2. The molecule has 1 unspecified atom stereocenters. The molecule has 3 rings (SSSR count). The third-order valence-corrected chi connectivity index (χ3v) is 3.78. The summed E-state index contributed by atoms with van der Waals surface area (Å²) in [6, 6.07) is 13.2. The van der Waals surface area contributed by atoms with Gasteiger partial charge in [0, 0.05) is 31.3 Å². The number of hydrogen-bond donors (Lipinski definition) is 1. The van der Waals surface area contributed by atoms with Gasteiger partial charge in [-0.1, -0.05) is 30.3 Å². The van der Waals surface area contributed by atoms with Crippen LogP contribution in [0.15, 0.2) is 53.5 Å². The van der Waals surface area contributed by atoms with Crippen molar-refractivity contribution in [2.45, 2.75) is 12.3 Å². The standard InChI is InChI=1S/C16H16N2O2/c19-15-7-6-13(10-17-15)16(20)18-9-8-14(11-18)12-4-2-1-3-5-12/h1-7,10,14H,8-9,11H2,(H,17,19). The number of carbonyl (C=O) groups is 1. The Balaban J connectivity index is 1.72. The Morgan fingerprint density at radius 1 is 1.15 bits per heavy atom. The van der Waals surface area contributed by atoms with Gasteiger partial charge in [0.1, 0.15) is 0 Å². The maximum atomic E-state index is 12.3. The van der Waals surface area contributed by atoms with Crippen LogP contribution in [0.4, 0.5) is 0 Å².